The van der Waals surface area contributed by atoms with Crippen LogP contribution in [0.25, 0.3) is 0 Å². The van der Waals surface area contributed by atoms with Gasteiger partial charge in [-0.25, -0.2) is 0 Å². The van der Waals surface area contributed by atoms with Gasteiger partial charge < -0.3 is 45.6 Å². The van der Waals surface area contributed by atoms with Crippen LogP contribution in [0.4, 0.5) is 52.7 Å². The summed E-state index contributed by atoms with van der Waals surface area (Å²) in [5.41, 5.74) is -11.0. The highest BCUT2D eigenvalue weighted by molar-refractivity contribution is 7.85. The molecule has 0 bridgehead atoms. The van der Waals surface area contributed by atoms with Crippen LogP contribution in [0.5, 0.6) is 0 Å². The highest BCUT2D eigenvalue weighted by Crippen LogP contribution is 2.56. The fourth-order valence-corrected chi connectivity index (χ4v) is 16.3. The molecule has 13 unspecified atom stereocenters. The zero-order valence-corrected chi connectivity index (χ0v) is 72.3. The van der Waals surface area contributed by atoms with E-state index in [1.54, 1.807) is 41.5 Å². The van der Waals surface area contributed by atoms with Gasteiger partial charge in [-0.05, 0) is 200 Å². The lowest BCUT2D eigenvalue weighted by atomic mass is 9.66. The van der Waals surface area contributed by atoms with Gasteiger partial charge >= 0.3 is 54.6 Å². The van der Waals surface area contributed by atoms with Crippen molar-refractivity contribution < 1.29 is 129 Å². The van der Waals surface area contributed by atoms with Gasteiger partial charge in [-0.1, -0.05) is 177 Å². The molecule has 0 heterocycles. The van der Waals surface area contributed by atoms with Crippen molar-refractivity contribution in [3.63, 3.8) is 0 Å². The molecule has 1 aliphatic carbocycles. The second-order valence-corrected chi connectivity index (χ2v) is 39.0. The molecule has 18 nitrogen and oxygen atoms in total. The lowest BCUT2D eigenvalue weighted by Crippen LogP contribution is -2.64. The van der Waals surface area contributed by atoms with Crippen molar-refractivity contribution in [1.82, 2.24) is 10.6 Å². The largest absolute Gasteiger partial charge is 0.481 e. The summed E-state index contributed by atoms with van der Waals surface area (Å²) in [6.07, 6.45) is -27.4. The molecular weight excluding hydrogens is 1560 g/mol. The van der Waals surface area contributed by atoms with Gasteiger partial charge in [0.1, 0.15) is 12.7 Å². The van der Waals surface area contributed by atoms with Gasteiger partial charge in [0.2, 0.25) is 5.91 Å². The van der Waals surface area contributed by atoms with Crippen molar-refractivity contribution in [1.29, 1.82) is 0 Å². The zero-order valence-electron chi connectivity index (χ0n) is 71.5. The number of carbonyl (C=O) groups excluding carboxylic acids is 3. The number of alkyl halides is 12. The van der Waals surface area contributed by atoms with Crippen LogP contribution in [-0.4, -0.2) is 147 Å². The van der Waals surface area contributed by atoms with Gasteiger partial charge in [-0.2, -0.15) is 61.1 Å². The van der Waals surface area contributed by atoms with Gasteiger partial charge in [0.25, 0.3) is 15.7 Å². The molecule has 0 aliphatic heterocycles. The van der Waals surface area contributed by atoms with Gasteiger partial charge in [0, 0.05) is 24.3 Å². The average molecular weight is 1690 g/mol. The molecule has 116 heavy (non-hydrogen) atoms. The number of aliphatic hydroxyl groups is 2. The number of aliphatic carboxylic acids is 3. The number of carboxylic acids is 3. The van der Waals surface area contributed by atoms with Crippen molar-refractivity contribution in [2.45, 2.75) is 318 Å². The van der Waals surface area contributed by atoms with Crippen molar-refractivity contribution in [2.75, 3.05) is 25.4 Å². The lowest BCUT2D eigenvalue weighted by Gasteiger charge is -2.48. The minimum Gasteiger partial charge on any atom is -0.481 e. The summed E-state index contributed by atoms with van der Waals surface area (Å²) in [4.78, 5) is 76.5. The first-order chi connectivity index (χ1) is 52.0. The fraction of sp³-hybridized carbons (Fsp3) is 0.718. The molecular formula is C85H128F12N2O16S. The predicted octanol–water partition coefficient (Wildman–Crippen LogP) is 19.7. The molecule has 31 heteroatoms. The van der Waals surface area contributed by atoms with Crippen LogP contribution in [0.3, 0.4) is 0 Å². The smallest absolute Gasteiger partial charge is 0.426 e. The van der Waals surface area contributed by atoms with Gasteiger partial charge in [0.05, 0.1) is 44.9 Å². The number of hydrogen-bond acceptors (Lipinski definition) is 13. The molecule has 8 N–H and O–H groups in total. The molecule has 3 aromatic rings. The first-order valence-electron chi connectivity index (χ1n) is 39.1. The molecule has 0 saturated heterocycles. The van der Waals surface area contributed by atoms with Crippen molar-refractivity contribution >= 4 is 45.9 Å². The van der Waals surface area contributed by atoms with Crippen molar-refractivity contribution in [3.8, 4) is 0 Å². The SMILES string of the molecule is CCC(C)(CC(C)(CC(C)c1ccc(C(C)(C)C)cc1)C(=O)O)C(=O)OC1CC(C(C)(O)C(F)(F)F)CC(C(O)(C(F)(F)F)C(F)(F)F)C1.CCC(C)(CC(C)(CC(C)c1ccc(C(C)(C)C)cc1)C(=O)O)C(=O)OCCNCC(F)(F)F.CCC(CC(C)(CC(C)c1ccc(C(C)(C)C)cc1)C(=O)O)C(=O)NC(C)(C)CS(=O)(=O)O. The van der Waals surface area contributed by atoms with Crippen LogP contribution in [0.1, 0.15) is 287 Å². The minimum absolute atomic E-state index is 0.00624. The maximum absolute atomic E-state index is 13.8. The summed E-state index contributed by atoms with van der Waals surface area (Å²) in [5, 5.41) is 55.6. The van der Waals surface area contributed by atoms with Crippen LogP contribution < -0.4 is 10.6 Å². The van der Waals surface area contributed by atoms with E-state index in [1.165, 1.54) is 45.7 Å². The van der Waals surface area contributed by atoms with E-state index in [9.17, 15) is 115 Å². The van der Waals surface area contributed by atoms with E-state index >= 15 is 0 Å². The number of halogens is 12. The molecule has 664 valence electrons. The Labute approximate surface area is 677 Å². The second kappa shape index (κ2) is 39.3. The maximum atomic E-state index is 13.8. The second-order valence-electron chi connectivity index (χ2n) is 37.6. The van der Waals surface area contributed by atoms with Crippen LogP contribution in [0, 0.1) is 44.8 Å². The molecule has 1 saturated carbocycles. The number of ether oxygens (including phenoxy) is 2. The Morgan fingerprint density at radius 3 is 1.10 bits per heavy atom. The van der Waals surface area contributed by atoms with E-state index in [1.807, 2.05) is 83.1 Å². The number of esters is 2. The summed E-state index contributed by atoms with van der Waals surface area (Å²) >= 11 is 0. The Kier molecular flexibility index (Phi) is 35.7. The monoisotopic (exact) mass is 1690 g/mol. The molecule has 4 rings (SSSR count). The quantitative estimate of drug-likeness (QED) is 0.0119. The third-order valence-electron chi connectivity index (χ3n) is 23.1. The summed E-state index contributed by atoms with van der Waals surface area (Å²) in [7, 11) is -4.28. The van der Waals surface area contributed by atoms with Gasteiger partial charge in [-0.15, -0.1) is 0 Å². The maximum Gasteiger partial charge on any atom is 0.426 e. The van der Waals surface area contributed by atoms with E-state index in [2.05, 4.69) is 76.4 Å². The number of hydrogen-bond donors (Lipinski definition) is 8. The lowest BCUT2D eigenvalue weighted by molar-refractivity contribution is -0.391. The molecule has 0 radical (unpaired) electrons. The molecule has 13 atom stereocenters. The molecule has 0 aromatic heterocycles. The highest BCUT2D eigenvalue weighted by Gasteiger charge is 2.75. The number of benzene rings is 3. The normalized spacial score (nSPS) is 19.9. The predicted molar refractivity (Wildman–Crippen MR) is 419 cm³/mol. The van der Waals surface area contributed by atoms with Gasteiger partial charge in [0.15, 0.2) is 5.60 Å². The van der Waals surface area contributed by atoms with Crippen LogP contribution in [-0.2, 0) is 64.6 Å². The summed E-state index contributed by atoms with van der Waals surface area (Å²) in [6, 6.07) is 23.9. The van der Waals surface area contributed by atoms with Crippen molar-refractivity contribution in [2.24, 2.45) is 44.8 Å². The molecule has 1 aliphatic rings. The summed E-state index contributed by atoms with van der Waals surface area (Å²) in [5.74, 6) is -12.5. The molecule has 1 amide bonds. The number of carbonyl (C=O) groups is 6. The standard InChI is InChI=1S/C34H47F9O6.C26H40F3NO4.C25H41NO6S/c1-9-28(6,18-29(7,25(44)45)17-19(2)20-10-12-21(13-11-20)27(3,4)5)26(46)49-24-15-22(30(8,47)32(35,36)37)14-23(16-24)31(48,33(38,39)40)34(41,42)43;1-8-24(6,22(33)34-14-13-30-17-26(27,28)29)16-25(7,21(31)32)15-18(2)19-9-11-20(12-10-19)23(3,4)5;1-9-18(21(27)26-24(6,7)16-33(30,31)32)15-25(8,22(28)29)14-17(2)19-10-12-20(13-11-19)23(3,4)5/h10-13,19,22-24,47-48H,9,14-18H2,1-8H3,(H,44,45);9-12,18,30H,8,13-17H2,1-7H3,(H,31,32);10-13,17-18H,9,14-16H2,1-8H3,(H,26,27)(H,28,29)(H,30,31,32). The Morgan fingerprint density at radius 2 is 0.810 bits per heavy atom. The van der Waals surface area contributed by atoms with Crippen LogP contribution in [0.15, 0.2) is 72.8 Å². The van der Waals surface area contributed by atoms with Gasteiger partial charge in [-0.3, -0.25) is 33.3 Å². The fourth-order valence-electron chi connectivity index (χ4n) is 15.3. The molecule has 1 fully saturated rings. The Morgan fingerprint density at radius 1 is 0.474 bits per heavy atom. The van der Waals surface area contributed by atoms with E-state index in [-0.39, 0.29) is 79.8 Å². The number of amides is 1. The topological polar surface area (TPSA) is 300 Å². The number of nitrogens with one attached hydrogen (secondary N) is 2. The zero-order chi connectivity index (χ0) is 90.6. The number of carboxylic acid groups (broad SMARTS) is 3. The first-order valence-corrected chi connectivity index (χ1v) is 40.7. The Bertz CT molecular complexity index is 3830. The highest BCUT2D eigenvalue weighted by atomic mass is 32.2. The van der Waals surface area contributed by atoms with E-state index in [0.717, 1.165) is 22.3 Å². The van der Waals surface area contributed by atoms with Crippen LogP contribution >= 0.6 is 0 Å². The minimum atomic E-state index is -6.39. The molecule has 0 spiro atoms. The summed E-state index contributed by atoms with van der Waals surface area (Å²) < 4.78 is 203. The van der Waals surface area contributed by atoms with Crippen LogP contribution in [0.2, 0.25) is 0 Å². The Hall–Kier alpha value is -6.57. The third kappa shape index (κ3) is 29.7. The third-order valence-corrected chi connectivity index (χ3v) is 24.2. The first kappa shape index (κ1) is 106. The van der Waals surface area contributed by atoms with E-state index in [0.29, 0.717) is 25.7 Å². The Balaban J connectivity index is 0.000000608. The van der Waals surface area contributed by atoms with Crippen molar-refractivity contribution in [3.05, 3.63) is 106 Å². The summed E-state index contributed by atoms with van der Waals surface area (Å²) in [6.45, 7) is 39.0. The average Bonchev–Trinajstić information content (AvgIpc) is 0.731. The molecule has 3 aromatic carbocycles. The van der Waals surface area contributed by atoms with E-state index < -0.39 is 176 Å². The van der Waals surface area contributed by atoms with E-state index in [4.69, 9.17) is 14.0 Å². The number of rotatable bonds is 34.